The smallest absolute Gasteiger partial charge is 0.0185 e. The second-order valence-electron chi connectivity index (χ2n) is 1.65. The van der Waals surface area contributed by atoms with Crippen molar-refractivity contribution in [3.8, 4) is 0 Å². The van der Waals surface area contributed by atoms with Crippen LogP contribution >= 0.6 is 11.8 Å². The highest BCUT2D eigenvalue weighted by molar-refractivity contribution is 8.02. The first-order chi connectivity index (χ1) is 3.39. The lowest BCUT2D eigenvalue weighted by atomic mass is 10.3. The Bertz CT molecular complexity index is 111. The van der Waals surface area contributed by atoms with E-state index in [1.807, 2.05) is 11.8 Å². The highest BCUT2D eigenvalue weighted by Crippen LogP contribution is 2.13. The first-order valence-electron chi connectivity index (χ1n) is 2.33. The monoisotopic (exact) mass is 112 g/mol. The van der Waals surface area contributed by atoms with Crippen molar-refractivity contribution < 1.29 is 0 Å². The average Bonchev–Trinajstić information content (AvgIpc) is 1.69. The largest absolute Gasteiger partial charge is 0.130 e. The minimum absolute atomic E-state index is 1.18. The zero-order chi connectivity index (χ0) is 5.11. The molecule has 0 aromatic rings. The van der Waals surface area contributed by atoms with Gasteiger partial charge in [0.15, 0.2) is 0 Å². The van der Waals surface area contributed by atoms with Gasteiger partial charge >= 0.3 is 0 Å². The van der Waals surface area contributed by atoms with Crippen molar-refractivity contribution in [3.05, 3.63) is 23.1 Å². The molecule has 0 N–H and O–H groups in total. The van der Waals surface area contributed by atoms with Gasteiger partial charge in [0.2, 0.25) is 0 Å². The molecule has 0 atom stereocenters. The zero-order valence-corrected chi connectivity index (χ0v) is 5.16. The highest BCUT2D eigenvalue weighted by atomic mass is 32.2. The van der Waals surface area contributed by atoms with E-state index in [2.05, 4.69) is 24.5 Å². The van der Waals surface area contributed by atoms with E-state index >= 15 is 0 Å². The normalized spacial score (nSPS) is 19.3. The predicted molar refractivity (Wildman–Crippen MR) is 35.4 cm³/mol. The summed E-state index contributed by atoms with van der Waals surface area (Å²) >= 11 is 1.85. The molecule has 0 fully saturated rings. The van der Waals surface area contributed by atoms with Gasteiger partial charge in [-0.25, -0.2) is 0 Å². The van der Waals surface area contributed by atoms with E-state index in [1.54, 1.807) is 0 Å². The average molecular weight is 112 g/mol. The van der Waals surface area contributed by atoms with Crippen molar-refractivity contribution >= 4 is 11.8 Å². The third-order valence-electron chi connectivity index (χ3n) is 0.867. The van der Waals surface area contributed by atoms with Crippen LogP contribution in [0.4, 0.5) is 0 Å². The van der Waals surface area contributed by atoms with Crippen molar-refractivity contribution in [2.24, 2.45) is 0 Å². The fourth-order valence-electron chi connectivity index (χ4n) is 0.487. The van der Waals surface area contributed by atoms with E-state index in [9.17, 15) is 0 Å². The van der Waals surface area contributed by atoms with E-state index in [0.29, 0.717) is 0 Å². The molecule has 1 heterocycles. The van der Waals surface area contributed by atoms with Gasteiger partial charge in [0.25, 0.3) is 0 Å². The van der Waals surface area contributed by atoms with Crippen LogP contribution in [0.5, 0.6) is 0 Å². The first kappa shape index (κ1) is 4.98. The lowest BCUT2D eigenvalue weighted by molar-refractivity contribution is 1.41. The fraction of sp³-hybridized carbons (Fsp3) is 0.333. The van der Waals surface area contributed by atoms with Crippen LogP contribution in [0.25, 0.3) is 0 Å². The minimum atomic E-state index is 1.18. The Labute approximate surface area is 48.3 Å². The molecule has 0 saturated carbocycles. The van der Waals surface area contributed by atoms with Gasteiger partial charge in [-0.1, -0.05) is 17.7 Å². The Kier molecular flexibility index (Phi) is 1.58. The third-order valence-corrected chi connectivity index (χ3v) is 1.84. The topological polar surface area (TPSA) is 0 Å². The summed E-state index contributed by atoms with van der Waals surface area (Å²) in [4.78, 5) is 0. The van der Waals surface area contributed by atoms with Crippen LogP contribution in [0.1, 0.15) is 6.92 Å². The van der Waals surface area contributed by atoms with Crippen molar-refractivity contribution in [2.75, 3.05) is 5.75 Å². The molecule has 7 heavy (non-hydrogen) atoms. The molecule has 1 aliphatic heterocycles. The summed E-state index contributed by atoms with van der Waals surface area (Å²) in [6.07, 6.45) is 4.24. The molecular weight excluding hydrogens is 104 g/mol. The minimum Gasteiger partial charge on any atom is -0.130 e. The molecule has 1 rings (SSSR count). The number of allylic oxidation sites excluding steroid dienone is 2. The van der Waals surface area contributed by atoms with Crippen LogP contribution in [0.15, 0.2) is 23.1 Å². The molecule has 0 aromatic heterocycles. The summed E-state index contributed by atoms with van der Waals surface area (Å²) in [7, 11) is 0. The van der Waals surface area contributed by atoms with Gasteiger partial charge in [0.05, 0.1) is 0 Å². The van der Waals surface area contributed by atoms with Gasteiger partial charge in [-0.3, -0.25) is 0 Å². The number of hydrogen-bond acceptors (Lipinski definition) is 1. The maximum atomic E-state index is 2.15. The zero-order valence-electron chi connectivity index (χ0n) is 4.35. The van der Waals surface area contributed by atoms with Crippen molar-refractivity contribution in [1.82, 2.24) is 0 Å². The van der Waals surface area contributed by atoms with Crippen molar-refractivity contribution in [2.45, 2.75) is 6.92 Å². The van der Waals surface area contributed by atoms with Gasteiger partial charge < -0.3 is 0 Å². The van der Waals surface area contributed by atoms with E-state index in [-0.39, 0.29) is 0 Å². The Balaban J connectivity index is 2.57. The van der Waals surface area contributed by atoms with Gasteiger partial charge in [0.1, 0.15) is 0 Å². The van der Waals surface area contributed by atoms with Crippen LogP contribution in [-0.4, -0.2) is 5.75 Å². The van der Waals surface area contributed by atoms with Crippen LogP contribution in [-0.2, 0) is 0 Å². The van der Waals surface area contributed by atoms with Gasteiger partial charge in [-0.05, 0) is 12.3 Å². The Morgan fingerprint density at radius 3 is 2.86 bits per heavy atom. The number of rotatable bonds is 0. The summed E-state index contributed by atoms with van der Waals surface area (Å²) in [6, 6.07) is 0. The van der Waals surface area contributed by atoms with Crippen molar-refractivity contribution in [3.63, 3.8) is 0 Å². The summed E-state index contributed by atoms with van der Waals surface area (Å²) < 4.78 is 0. The second-order valence-corrected chi connectivity index (χ2v) is 2.55. The molecule has 1 heteroatoms. The molecule has 38 valence electrons. The summed E-state index contributed by atoms with van der Waals surface area (Å²) in [5.41, 5.74) is 1.47. The third kappa shape index (κ3) is 1.39. The van der Waals surface area contributed by atoms with Crippen molar-refractivity contribution in [1.29, 1.82) is 0 Å². The second kappa shape index (κ2) is 2.22. The maximum Gasteiger partial charge on any atom is 0.0185 e. The lowest BCUT2D eigenvalue weighted by Crippen LogP contribution is -1.80. The van der Waals surface area contributed by atoms with Crippen LogP contribution in [0, 0.1) is 0 Å². The van der Waals surface area contributed by atoms with Crippen LogP contribution in [0.3, 0.4) is 0 Å². The molecule has 0 unspecified atom stereocenters. The maximum absolute atomic E-state index is 2.15. The molecule has 0 radical (unpaired) electrons. The summed E-state index contributed by atoms with van der Waals surface area (Å²) in [6.45, 7) is 2.15. The molecule has 0 nitrogen and oxygen atoms in total. The van der Waals surface area contributed by atoms with E-state index in [4.69, 9.17) is 0 Å². The van der Waals surface area contributed by atoms with Gasteiger partial charge in [-0.2, -0.15) is 0 Å². The molecule has 0 saturated heterocycles. The van der Waals surface area contributed by atoms with Gasteiger partial charge in [-0.15, -0.1) is 11.8 Å². The van der Waals surface area contributed by atoms with E-state index in [0.717, 1.165) is 0 Å². The fourth-order valence-corrected chi connectivity index (χ4v) is 1.13. The first-order valence-corrected chi connectivity index (χ1v) is 3.38. The Hall–Kier alpha value is -0.170. The van der Waals surface area contributed by atoms with Crippen LogP contribution < -0.4 is 0 Å². The van der Waals surface area contributed by atoms with Gasteiger partial charge in [0, 0.05) is 5.75 Å². The molecule has 0 aliphatic carbocycles. The SMILES string of the molecule is CC1=CC=CSC1. The summed E-state index contributed by atoms with van der Waals surface area (Å²) in [5.74, 6) is 1.18. The predicted octanol–water partition coefficient (Wildman–Crippen LogP) is 2.19. The molecule has 0 spiro atoms. The standard InChI is InChI=1S/C6H8S/c1-6-3-2-4-7-5-6/h2-4H,5H2,1H3. The lowest BCUT2D eigenvalue weighted by Gasteiger charge is -1.98. The highest BCUT2D eigenvalue weighted by Gasteiger charge is 1.88. The van der Waals surface area contributed by atoms with E-state index in [1.165, 1.54) is 11.3 Å². The molecular formula is C6H8S. The molecule has 1 aliphatic rings. The Morgan fingerprint density at radius 2 is 2.57 bits per heavy atom. The number of hydrogen-bond donors (Lipinski definition) is 0. The summed E-state index contributed by atoms with van der Waals surface area (Å²) in [5, 5.41) is 2.12. The number of thioether (sulfide) groups is 1. The molecule has 0 amide bonds. The van der Waals surface area contributed by atoms with Crippen LogP contribution in [0.2, 0.25) is 0 Å². The quantitative estimate of drug-likeness (QED) is 0.463. The Morgan fingerprint density at radius 1 is 1.71 bits per heavy atom. The molecule has 0 bridgehead atoms. The molecule has 0 aromatic carbocycles. The van der Waals surface area contributed by atoms with E-state index < -0.39 is 0 Å².